The van der Waals surface area contributed by atoms with Gasteiger partial charge in [-0.1, -0.05) is 26.0 Å². The number of hydrogen-bond donors (Lipinski definition) is 2. The van der Waals surface area contributed by atoms with Crippen molar-refractivity contribution in [2.45, 2.75) is 46.2 Å². The summed E-state index contributed by atoms with van der Waals surface area (Å²) in [6, 6.07) is 7.55. The quantitative estimate of drug-likeness (QED) is 0.779. The molecule has 1 aromatic carbocycles. The molecule has 0 saturated heterocycles. The normalized spacial score (nSPS) is 12.7. The summed E-state index contributed by atoms with van der Waals surface area (Å²) in [6.45, 7) is 7.34. The molecule has 0 radical (unpaired) electrons. The van der Waals surface area contributed by atoms with Gasteiger partial charge in [-0.15, -0.1) is 0 Å². The van der Waals surface area contributed by atoms with Crippen LogP contribution in [0.4, 0.5) is 0 Å². The molecule has 2 N–H and O–H groups in total. The maximum atomic E-state index is 10.8. The first-order valence-electron chi connectivity index (χ1n) is 6.54. The van der Waals surface area contributed by atoms with E-state index in [1.54, 1.807) is 18.2 Å². The molecule has 3 heteroatoms. The summed E-state index contributed by atoms with van der Waals surface area (Å²) in [4.78, 5) is 10.8. The molecule has 1 atom stereocenters. The van der Waals surface area contributed by atoms with Crippen molar-refractivity contribution in [2.75, 3.05) is 0 Å². The van der Waals surface area contributed by atoms with Gasteiger partial charge in [0.25, 0.3) is 0 Å². The number of carboxylic acid groups (broad SMARTS) is 1. The fourth-order valence-electron chi connectivity index (χ4n) is 1.79. The van der Waals surface area contributed by atoms with E-state index in [0.717, 1.165) is 24.4 Å². The standard InChI is InChI=1S/C15H23NO2/c1-11(2)7-8-12(3)16-10-13-5-4-6-14(9-13)15(17)18/h4-6,9,11-12,16H,7-8,10H2,1-3H3,(H,17,18). The predicted molar refractivity (Wildman–Crippen MR) is 73.8 cm³/mol. The van der Waals surface area contributed by atoms with Crippen LogP contribution >= 0.6 is 0 Å². The van der Waals surface area contributed by atoms with Crippen molar-refractivity contribution in [3.05, 3.63) is 35.4 Å². The molecule has 1 unspecified atom stereocenters. The van der Waals surface area contributed by atoms with Gasteiger partial charge in [0.2, 0.25) is 0 Å². The molecular weight excluding hydrogens is 226 g/mol. The largest absolute Gasteiger partial charge is 0.478 e. The van der Waals surface area contributed by atoms with Crippen LogP contribution in [0.15, 0.2) is 24.3 Å². The van der Waals surface area contributed by atoms with E-state index in [4.69, 9.17) is 5.11 Å². The van der Waals surface area contributed by atoms with Gasteiger partial charge < -0.3 is 10.4 Å². The third kappa shape index (κ3) is 5.32. The fraction of sp³-hybridized carbons (Fsp3) is 0.533. The van der Waals surface area contributed by atoms with E-state index >= 15 is 0 Å². The number of aromatic carboxylic acids is 1. The Morgan fingerprint density at radius 1 is 1.28 bits per heavy atom. The van der Waals surface area contributed by atoms with Crippen molar-refractivity contribution >= 4 is 5.97 Å². The Morgan fingerprint density at radius 2 is 2.00 bits per heavy atom. The molecule has 0 spiro atoms. The zero-order chi connectivity index (χ0) is 13.5. The first kappa shape index (κ1) is 14.7. The monoisotopic (exact) mass is 249 g/mol. The minimum absolute atomic E-state index is 0.351. The lowest BCUT2D eigenvalue weighted by Gasteiger charge is -2.15. The molecule has 1 aromatic rings. The number of carboxylic acids is 1. The van der Waals surface area contributed by atoms with E-state index in [9.17, 15) is 4.79 Å². The fourth-order valence-corrected chi connectivity index (χ4v) is 1.79. The van der Waals surface area contributed by atoms with Gasteiger partial charge in [-0.25, -0.2) is 4.79 Å². The second-order valence-electron chi connectivity index (χ2n) is 5.26. The maximum Gasteiger partial charge on any atom is 0.335 e. The summed E-state index contributed by atoms with van der Waals surface area (Å²) in [5.41, 5.74) is 1.37. The molecule has 18 heavy (non-hydrogen) atoms. The predicted octanol–water partition coefficient (Wildman–Crippen LogP) is 3.30. The number of benzene rings is 1. The highest BCUT2D eigenvalue weighted by Gasteiger charge is 2.05. The van der Waals surface area contributed by atoms with Crippen LogP contribution in [0.1, 0.15) is 49.5 Å². The van der Waals surface area contributed by atoms with Crippen molar-refractivity contribution in [2.24, 2.45) is 5.92 Å². The zero-order valence-electron chi connectivity index (χ0n) is 11.4. The Labute approximate surface area is 109 Å². The molecule has 0 aliphatic carbocycles. The summed E-state index contributed by atoms with van der Waals surface area (Å²) in [6.07, 6.45) is 2.36. The van der Waals surface area contributed by atoms with Crippen LogP contribution in [0, 0.1) is 5.92 Å². The van der Waals surface area contributed by atoms with Gasteiger partial charge in [0.1, 0.15) is 0 Å². The average molecular weight is 249 g/mol. The minimum atomic E-state index is -0.871. The second-order valence-corrected chi connectivity index (χ2v) is 5.26. The van der Waals surface area contributed by atoms with Crippen LogP contribution in [0.25, 0.3) is 0 Å². The molecule has 3 nitrogen and oxygen atoms in total. The van der Waals surface area contributed by atoms with Gasteiger partial charge in [-0.2, -0.15) is 0 Å². The van der Waals surface area contributed by atoms with Gasteiger partial charge in [0.15, 0.2) is 0 Å². The van der Waals surface area contributed by atoms with Crippen molar-refractivity contribution in [1.82, 2.24) is 5.32 Å². The van der Waals surface area contributed by atoms with Crippen molar-refractivity contribution < 1.29 is 9.90 Å². The topological polar surface area (TPSA) is 49.3 Å². The maximum absolute atomic E-state index is 10.8. The summed E-state index contributed by atoms with van der Waals surface area (Å²) >= 11 is 0. The number of carbonyl (C=O) groups is 1. The van der Waals surface area contributed by atoms with Crippen LogP contribution in [0.2, 0.25) is 0 Å². The first-order valence-corrected chi connectivity index (χ1v) is 6.54. The first-order chi connectivity index (χ1) is 8.49. The van der Waals surface area contributed by atoms with Gasteiger partial charge >= 0.3 is 5.97 Å². The zero-order valence-corrected chi connectivity index (χ0v) is 11.4. The third-order valence-electron chi connectivity index (χ3n) is 3.01. The molecule has 0 bridgehead atoms. The second kappa shape index (κ2) is 7.17. The average Bonchev–Trinajstić information content (AvgIpc) is 2.34. The van der Waals surface area contributed by atoms with Gasteiger partial charge in [0, 0.05) is 12.6 Å². The smallest absolute Gasteiger partial charge is 0.335 e. The number of hydrogen-bond acceptors (Lipinski definition) is 2. The van der Waals surface area contributed by atoms with Crippen molar-refractivity contribution in [3.63, 3.8) is 0 Å². The van der Waals surface area contributed by atoms with Crippen LogP contribution in [-0.4, -0.2) is 17.1 Å². The van der Waals surface area contributed by atoms with Gasteiger partial charge in [-0.05, 0) is 43.4 Å². The molecule has 1 rings (SSSR count). The molecule has 0 aliphatic rings. The van der Waals surface area contributed by atoms with Gasteiger partial charge in [0.05, 0.1) is 5.56 Å². The Balaban J connectivity index is 2.43. The van der Waals surface area contributed by atoms with Crippen LogP contribution in [-0.2, 0) is 6.54 Å². The van der Waals surface area contributed by atoms with Crippen molar-refractivity contribution in [1.29, 1.82) is 0 Å². The molecule has 0 fully saturated rings. The summed E-state index contributed by atoms with van der Waals surface area (Å²) in [5.74, 6) is -0.144. The highest BCUT2D eigenvalue weighted by Crippen LogP contribution is 2.09. The van der Waals surface area contributed by atoms with Crippen LogP contribution in [0.3, 0.4) is 0 Å². The van der Waals surface area contributed by atoms with E-state index in [-0.39, 0.29) is 0 Å². The highest BCUT2D eigenvalue weighted by atomic mass is 16.4. The van der Waals surface area contributed by atoms with E-state index in [0.29, 0.717) is 11.6 Å². The molecule has 0 amide bonds. The van der Waals surface area contributed by atoms with E-state index in [2.05, 4.69) is 26.1 Å². The molecule has 0 aliphatic heterocycles. The minimum Gasteiger partial charge on any atom is -0.478 e. The summed E-state index contributed by atoms with van der Waals surface area (Å²) < 4.78 is 0. The van der Waals surface area contributed by atoms with Crippen LogP contribution < -0.4 is 5.32 Å². The Morgan fingerprint density at radius 3 is 2.61 bits per heavy atom. The van der Waals surface area contributed by atoms with E-state index < -0.39 is 5.97 Å². The van der Waals surface area contributed by atoms with Crippen molar-refractivity contribution in [3.8, 4) is 0 Å². The number of nitrogens with one attached hydrogen (secondary N) is 1. The summed E-state index contributed by atoms with van der Waals surface area (Å²) in [7, 11) is 0. The molecule has 0 aromatic heterocycles. The van der Waals surface area contributed by atoms with E-state index in [1.807, 2.05) is 6.07 Å². The molecule has 0 saturated carbocycles. The lowest BCUT2D eigenvalue weighted by molar-refractivity contribution is 0.0696. The van der Waals surface area contributed by atoms with Gasteiger partial charge in [-0.3, -0.25) is 0 Å². The summed E-state index contributed by atoms with van der Waals surface area (Å²) in [5, 5.41) is 12.3. The highest BCUT2D eigenvalue weighted by molar-refractivity contribution is 5.87. The molecular formula is C15H23NO2. The van der Waals surface area contributed by atoms with E-state index in [1.165, 1.54) is 6.42 Å². The Bertz CT molecular complexity index is 388. The SMILES string of the molecule is CC(C)CCC(C)NCc1cccc(C(=O)O)c1. The Hall–Kier alpha value is -1.35. The number of rotatable bonds is 7. The lowest BCUT2D eigenvalue weighted by Crippen LogP contribution is -2.25. The van der Waals surface area contributed by atoms with Crippen LogP contribution in [0.5, 0.6) is 0 Å². The third-order valence-corrected chi connectivity index (χ3v) is 3.01. The Kier molecular flexibility index (Phi) is 5.86. The molecule has 0 heterocycles. The lowest BCUT2D eigenvalue weighted by atomic mass is 10.0. The molecule has 100 valence electrons.